The molecule has 2 saturated heterocycles. The van der Waals surface area contributed by atoms with Crippen LogP contribution < -0.4 is 0 Å². The first-order valence-electron chi connectivity index (χ1n) is 13.6. The predicted octanol–water partition coefficient (Wildman–Crippen LogP) is 1.37. The van der Waals surface area contributed by atoms with Gasteiger partial charge in [-0.15, -0.1) is 0 Å². The molecule has 3 saturated carbocycles. The van der Waals surface area contributed by atoms with Crippen LogP contribution in [0.3, 0.4) is 0 Å². The van der Waals surface area contributed by atoms with Gasteiger partial charge in [-0.05, 0) is 74.9 Å². The highest BCUT2D eigenvalue weighted by molar-refractivity contribution is 5.98. The zero-order chi connectivity index (χ0) is 26.2. The quantitative estimate of drug-likeness (QED) is 0.334. The van der Waals surface area contributed by atoms with Crippen molar-refractivity contribution in [3.63, 3.8) is 0 Å². The molecule has 5 fully saturated rings. The van der Waals surface area contributed by atoms with Gasteiger partial charge < -0.3 is 29.9 Å². The summed E-state index contributed by atoms with van der Waals surface area (Å²) in [6.07, 6.45) is 1.57. The lowest BCUT2D eigenvalue weighted by molar-refractivity contribution is -0.199. The molecule has 6 aliphatic rings. The van der Waals surface area contributed by atoms with Crippen molar-refractivity contribution in [3.05, 3.63) is 12.2 Å². The standard InChI is InChI=1S/C28H40O8/c1-12-13(2)24(33)35-21(12)23(32)27(5,34)22-17(29)11-16-14-10-20-28(36-20)19(31)7-6-18(30)26(28,4)15(14)8-9-25(16,22)3/h6-7,12-17,19-23,29,31-32,34H,8-11H2,1-5H3/t12-,13-,14?,15?,16?,17+,19+,20-,21?,22?,23-,25+,26+,27?,28-/m1/s1. The lowest BCUT2D eigenvalue weighted by Crippen LogP contribution is -2.64. The first-order chi connectivity index (χ1) is 16.7. The van der Waals surface area contributed by atoms with Gasteiger partial charge in [0.05, 0.1) is 29.1 Å². The molecular weight excluding hydrogens is 464 g/mol. The van der Waals surface area contributed by atoms with E-state index in [1.165, 1.54) is 6.08 Å². The summed E-state index contributed by atoms with van der Waals surface area (Å²) in [6.45, 7) is 9.21. The number of allylic oxidation sites excluding steroid dienone is 1. The lowest BCUT2D eigenvalue weighted by Gasteiger charge is -2.58. The molecule has 6 rings (SSSR count). The Hall–Kier alpha value is -1.32. The molecule has 0 radical (unpaired) electrons. The molecule has 4 N–H and O–H groups in total. The number of aliphatic hydroxyl groups excluding tert-OH is 3. The molecule has 2 heterocycles. The Morgan fingerprint density at radius 2 is 1.83 bits per heavy atom. The van der Waals surface area contributed by atoms with Crippen LogP contribution in [-0.4, -0.2) is 73.9 Å². The topological polar surface area (TPSA) is 137 Å². The Balaban J connectivity index is 1.32. The van der Waals surface area contributed by atoms with E-state index in [2.05, 4.69) is 6.92 Å². The molecule has 0 aromatic heterocycles. The van der Waals surface area contributed by atoms with Crippen molar-refractivity contribution >= 4 is 11.8 Å². The van der Waals surface area contributed by atoms with E-state index < -0.39 is 52.4 Å². The molecule has 4 aliphatic carbocycles. The molecule has 1 spiro atoms. The maximum atomic E-state index is 13.3. The maximum absolute atomic E-state index is 13.3. The van der Waals surface area contributed by atoms with Crippen molar-refractivity contribution in [2.75, 3.05) is 0 Å². The number of aliphatic hydroxyl groups is 4. The molecule has 36 heavy (non-hydrogen) atoms. The Morgan fingerprint density at radius 1 is 1.14 bits per heavy atom. The molecule has 8 heteroatoms. The average Bonchev–Trinajstić information content (AvgIpc) is 3.41. The Kier molecular flexibility index (Phi) is 5.14. The number of epoxide rings is 1. The number of rotatable bonds is 3. The molecule has 2 aliphatic heterocycles. The van der Waals surface area contributed by atoms with Crippen molar-refractivity contribution in [2.45, 2.75) is 102 Å². The van der Waals surface area contributed by atoms with E-state index in [1.54, 1.807) is 19.9 Å². The molecule has 15 atom stereocenters. The number of carbonyl (C=O) groups is 2. The van der Waals surface area contributed by atoms with Crippen molar-refractivity contribution in [1.82, 2.24) is 0 Å². The number of ketones is 1. The molecule has 0 bridgehead atoms. The molecule has 0 amide bonds. The minimum atomic E-state index is -1.68. The van der Waals surface area contributed by atoms with Crippen LogP contribution in [0.2, 0.25) is 0 Å². The van der Waals surface area contributed by atoms with Gasteiger partial charge in [0, 0.05) is 11.8 Å². The molecular formula is C28H40O8. The highest BCUT2D eigenvalue weighted by Gasteiger charge is 2.80. The molecule has 8 nitrogen and oxygen atoms in total. The van der Waals surface area contributed by atoms with E-state index in [0.717, 1.165) is 0 Å². The second kappa shape index (κ2) is 7.41. The van der Waals surface area contributed by atoms with E-state index in [1.807, 2.05) is 13.8 Å². The van der Waals surface area contributed by atoms with Gasteiger partial charge in [-0.2, -0.15) is 0 Å². The smallest absolute Gasteiger partial charge is 0.309 e. The number of fused-ring (bicyclic) bond motifs is 4. The summed E-state index contributed by atoms with van der Waals surface area (Å²) in [5.74, 6) is -1.52. The van der Waals surface area contributed by atoms with Crippen LogP contribution in [0.5, 0.6) is 0 Å². The second-order valence-corrected chi connectivity index (χ2v) is 13.4. The van der Waals surface area contributed by atoms with Crippen molar-refractivity contribution in [2.24, 2.45) is 46.3 Å². The second-order valence-electron chi connectivity index (χ2n) is 13.4. The Labute approximate surface area is 212 Å². The van der Waals surface area contributed by atoms with Gasteiger partial charge in [0.2, 0.25) is 0 Å². The summed E-state index contributed by atoms with van der Waals surface area (Å²) in [7, 11) is 0. The molecule has 6 unspecified atom stereocenters. The summed E-state index contributed by atoms with van der Waals surface area (Å²) >= 11 is 0. The third kappa shape index (κ3) is 2.73. The number of hydrogen-bond donors (Lipinski definition) is 4. The minimum Gasteiger partial charge on any atom is -0.459 e. The van der Waals surface area contributed by atoms with Crippen LogP contribution in [0.25, 0.3) is 0 Å². The monoisotopic (exact) mass is 504 g/mol. The van der Waals surface area contributed by atoms with Gasteiger partial charge in [-0.1, -0.05) is 20.8 Å². The fourth-order valence-corrected chi connectivity index (χ4v) is 9.98. The van der Waals surface area contributed by atoms with Crippen molar-refractivity contribution < 1.29 is 39.5 Å². The zero-order valence-corrected chi connectivity index (χ0v) is 21.8. The fourth-order valence-electron chi connectivity index (χ4n) is 9.98. The highest BCUT2D eigenvalue weighted by atomic mass is 16.6. The number of carbonyl (C=O) groups excluding carboxylic acids is 2. The summed E-state index contributed by atoms with van der Waals surface area (Å²) in [6, 6.07) is 0. The first kappa shape index (κ1) is 25.0. The van der Waals surface area contributed by atoms with Crippen LogP contribution in [0.4, 0.5) is 0 Å². The van der Waals surface area contributed by atoms with Gasteiger partial charge in [-0.25, -0.2) is 0 Å². The summed E-state index contributed by atoms with van der Waals surface area (Å²) in [5, 5.41) is 45.5. The van der Waals surface area contributed by atoms with Crippen molar-refractivity contribution in [3.8, 4) is 0 Å². The highest BCUT2D eigenvalue weighted by Crippen LogP contribution is 2.73. The molecule has 200 valence electrons. The van der Waals surface area contributed by atoms with Gasteiger partial charge >= 0.3 is 5.97 Å². The average molecular weight is 505 g/mol. The SMILES string of the molecule is C[C@H]1C(=O)OC([C@@H](O)C(C)(O)C2[C@@H](O)CC3C4C[C@H]5O[C@]56[C@@H](O)C=CC(=O)[C@]6(C)C4CC[C@@]32C)[C@@H]1C. The van der Waals surface area contributed by atoms with Crippen LogP contribution in [0, 0.1) is 46.3 Å². The summed E-state index contributed by atoms with van der Waals surface area (Å²) in [4.78, 5) is 25.5. The van der Waals surface area contributed by atoms with E-state index in [0.29, 0.717) is 25.7 Å². The van der Waals surface area contributed by atoms with Gasteiger partial charge in [0.1, 0.15) is 23.9 Å². The maximum Gasteiger partial charge on any atom is 0.309 e. The first-order valence-corrected chi connectivity index (χ1v) is 13.6. The predicted molar refractivity (Wildman–Crippen MR) is 127 cm³/mol. The third-order valence-electron chi connectivity index (χ3n) is 12.1. The fraction of sp³-hybridized carbons (Fsp3) is 0.857. The number of cyclic esters (lactones) is 1. The van der Waals surface area contributed by atoms with E-state index >= 15 is 0 Å². The van der Waals surface area contributed by atoms with Gasteiger partial charge in [-0.3, -0.25) is 9.59 Å². The van der Waals surface area contributed by atoms with E-state index in [-0.39, 0.29) is 47.4 Å². The van der Waals surface area contributed by atoms with Gasteiger partial charge in [0.15, 0.2) is 5.78 Å². The van der Waals surface area contributed by atoms with Crippen LogP contribution in [-0.2, 0) is 19.1 Å². The summed E-state index contributed by atoms with van der Waals surface area (Å²) < 4.78 is 11.6. The van der Waals surface area contributed by atoms with Crippen LogP contribution in [0.15, 0.2) is 12.2 Å². The van der Waals surface area contributed by atoms with E-state index in [9.17, 15) is 30.0 Å². The molecule has 0 aromatic rings. The number of ether oxygens (including phenoxy) is 2. The molecule has 0 aromatic carbocycles. The van der Waals surface area contributed by atoms with E-state index in [4.69, 9.17) is 9.47 Å². The third-order valence-corrected chi connectivity index (χ3v) is 12.1. The Bertz CT molecular complexity index is 1020. The van der Waals surface area contributed by atoms with Gasteiger partial charge in [0.25, 0.3) is 0 Å². The van der Waals surface area contributed by atoms with Crippen LogP contribution in [0.1, 0.15) is 60.3 Å². The summed E-state index contributed by atoms with van der Waals surface area (Å²) in [5.41, 5.74) is -3.85. The van der Waals surface area contributed by atoms with Crippen LogP contribution >= 0.6 is 0 Å². The normalized spacial score (nSPS) is 57.7. The van der Waals surface area contributed by atoms with Crippen molar-refractivity contribution in [1.29, 1.82) is 0 Å². The number of hydrogen-bond acceptors (Lipinski definition) is 8. The zero-order valence-electron chi connectivity index (χ0n) is 21.8. The largest absolute Gasteiger partial charge is 0.459 e. The Morgan fingerprint density at radius 3 is 2.47 bits per heavy atom. The number of esters is 1. The minimum absolute atomic E-state index is 0.00101. The lowest BCUT2D eigenvalue weighted by atomic mass is 9.44.